The standard InChI is InChI=1S/C14H17F2NO2/c1-8-3-2-4-9(7-8)19-14(18)12-10(15)5-6-11(17)13(12)16/h5-6,8-9H,2-4,7,17H2,1H3. The van der Waals surface area contributed by atoms with Crippen LogP contribution < -0.4 is 5.73 Å². The number of ether oxygens (including phenoxy) is 1. The molecule has 19 heavy (non-hydrogen) atoms. The number of hydrogen-bond acceptors (Lipinski definition) is 3. The van der Waals surface area contributed by atoms with E-state index in [1.807, 2.05) is 0 Å². The van der Waals surface area contributed by atoms with Crippen molar-refractivity contribution in [3.8, 4) is 0 Å². The van der Waals surface area contributed by atoms with Crippen LogP contribution in [-0.2, 0) is 4.74 Å². The van der Waals surface area contributed by atoms with E-state index in [2.05, 4.69) is 6.92 Å². The number of nitrogen functional groups attached to an aromatic ring is 1. The van der Waals surface area contributed by atoms with Crippen molar-refractivity contribution < 1.29 is 18.3 Å². The molecule has 0 saturated heterocycles. The summed E-state index contributed by atoms with van der Waals surface area (Å²) in [4.78, 5) is 11.9. The minimum Gasteiger partial charge on any atom is -0.459 e. The van der Waals surface area contributed by atoms with Crippen molar-refractivity contribution in [3.05, 3.63) is 29.3 Å². The van der Waals surface area contributed by atoms with Gasteiger partial charge in [-0.25, -0.2) is 13.6 Å². The van der Waals surface area contributed by atoms with Crippen LogP contribution in [0.5, 0.6) is 0 Å². The second kappa shape index (κ2) is 5.55. The molecule has 0 bridgehead atoms. The normalized spacial score (nSPS) is 23.1. The molecule has 2 atom stereocenters. The van der Waals surface area contributed by atoms with Crippen molar-refractivity contribution in [3.63, 3.8) is 0 Å². The van der Waals surface area contributed by atoms with E-state index in [1.165, 1.54) is 0 Å². The van der Waals surface area contributed by atoms with Crippen molar-refractivity contribution in [2.45, 2.75) is 38.7 Å². The molecule has 1 aliphatic carbocycles. The highest BCUT2D eigenvalue weighted by Gasteiger charge is 2.26. The zero-order chi connectivity index (χ0) is 14.0. The molecule has 104 valence electrons. The maximum atomic E-state index is 13.7. The molecule has 0 aliphatic heterocycles. The summed E-state index contributed by atoms with van der Waals surface area (Å²) < 4.78 is 32.4. The Hall–Kier alpha value is -1.65. The molecular weight excluding hydrogens is 252 g/mol. The van der Waals surface area contributed by atoms with E-state index in [-0.39, 0.29) is 11.8 Å². The molecule has 0 aromatic heterocycles. The van der Waals surface area contributed by atoms with Crippen molar-refractivity contribution in [1.29, 1.82) is 0 Å². The SMILES string of the molecule is CC1CCCC(OC(=O)c2c(F)ccc(N)c2F)C1. The fourth-order valence-electron chi connectivity index (χ4n) is 2.45. The molecule has 5 heteroatoms. The molecule has 1 aliphatic rings. The molecule has 1 aromatic carbocycles. The Balaban J connectivity index is 2.14. The van der Waals surface area contributed by atoms with Crippen molar-refractivity contribution in [1.82, 2.24) is 0 Å². The Kier molecular flexibility index (Phi) is 4.02. The molecule has 2 N–H and O–H groups in total. The lowest BCUT2D eigenvalue weighted by Crippen LogP contribution is -2.25. The first-order valence-electron chi connectivity index (χ1n) is 6.43. The predicted octanol–water partition coefficient (Wildman–Crippen LogP) is 3.28. The minimum absolute atomic E-state index is 0.259. The van der Waals surface area contributed by atoms with E-state index >= 15 is 0 Å². The first kappa shape index (κ1) is 13.8. The third-order valence-electron chi connectivity index (χ3n) is 3.49. The summed E-state index contributed by atoms with van der Waals surface area (Å²) in [6.07, 6.45) is 3.26. The van der Waals surface area contributed by atoms with E-state index in [0.717, 1.165) is 37.8 Å². The monoisotopic (exact) mass is 269 g/mol. The largest absolute Gasteiger partial charge is 0.459 e. The van der Waals surface area contributed by atoms with Gasteiger partial charge in [-0.15, -0.1) is 0 Å². The lowest BCUT2D eigenvalue weighted by molar-refractivity contribution is 0.0145. The molecule has 1 aromatic rings. The number of esters is 1. The Labute approximate surface area is 110 Å². The molecular formula is C14H17F2NO2. The highest BCUT2D eigenvalue weighted by atomic mass is 19.1. The number of hydrogen-bond donors (Lipinski definition) is 1. The maximum absolute atomic E-state index is 13.7. The molecule has 1 fully saturated rings. The van der Waals surface area contributed by atoms with Crippen LogP contribution in [0, 0.1) is 17.6 Å². The van der Waals surface area contributed by atoms with Crippen molar-refractivity contribution in [2.24, 2.45) is 5.92 Å². The minimum atomic E-state index is -1.05. The van der Waals surface area contributed by atoms with Crippen LogP contribution in [0.4, 0.5) is 14.5 Å². The first-order chi connectivity index (χ1) is 8.99. The highest BCUT2D eigenvalue weighted by Crippen LogP contribution is 2.27. The molecule has 3 nitrogen and oxygen atoms in total. The van der Waals surface area contributed by atoms with Gasteiger partial charge in [0.15, 0.2) is 5.82 Å². The fraction of sp³-hybridized carbons (Fsp3) is 0.500. The van der Waals surface area contributed by atoms with Gasteiger partial charge in [0.2, 0.25) is 0 Å². The number of carbonyl (C=O) groups excluding carboxylic acids is 1. The van der Waals surface area contributed by atoms with Gasteiger partial charge in [0.25, 0.3) is 0 Å². The highest BCUT2D eigenvalue weighted by molar-refractivity contribution is 5.91. The fourth-order valence-corrected chi connectivity index (χ4v) is 2.45. The van der Waals surface area contributed by atoms with Gasteiger partial charge in [0.05, 0.1) is 5.69 Å². The number of halogens is 2. The zero-order valence-corrected chi connectivity index (χ0v) is 10.8. The van der Waals surface area contributed by atoms with Crippen LogP contribution in [0.3, 0.4) is 0 Å². The average molecular weight is 269 g/mol. The van der Waals surface area contributed by atoms with Gasteiger partial charge in [-0.05, 0) is 37.3 Å². The predicted molar refractivity (Wildman–Crippen MR) is 67.6 cm³/mol. The van der Waals surface area contributed by atoms with Gasteiger partial charge in [0, 0.05) is 0 Å². The summed E-state index contributed by atoms with van der Waals surface area (Å²) in [5.41, 5.74) is 4.38. The Morgan fingerprint density at radius 3 is 2.79 bits per heavy atom. The molecule has 0 radical (unpaired) electrons. The summed E-state index contributed by atoms with van der Waals surface area (Å²) in [6.45, 7) is 2.07. The van der Waals surface area contributed by atoms with Crippen molar-refractivity contribution in [2.75, 3.05) is 5.73 Å². The van der Waals surface area contributed by atoms with Crippen LogP contribution in [-0.4, -0.2) is 12.1 Å². The smallest absolute Gasteiger partial charge is 0.344 e. The Bertz CT molecular complexity index is 491. The summed E-state index contributed by atoms with van der Waals surface area (Å²) in [7, 11) is 0. The maximum Gasteiger partial charge on any atom is 0.344 e. The zero-order valence-electron chi connectivity index (χ0n) is 10.8. The van der Waals surface area contributed by atoms with E-state index < -0.39 is 23.2 Å². The first-order valence-corrected chi connectivity index (χ1v) is 6.43. The molecule has 1 saturated carbocycles. The average Bonchev–Trinajstić information content (AvgIpc) is 2.34. The van der Waals surface area contributed by atoms with Gasteiger partial charge in [0.1, 0.15) is 17.5 Å². The molecule has 0 heterocycles. The number of carbonyl (C=O) groups is 1. The molecule has 0 spiro atoms. The Morgan fingerprint density at radius 1 is 1.37 bits per heavy atom. The summed E-state index contributed by atoms with van der Waals surface area (Å²) in [6, 6.07) is 2.06. The second-order valence-electron chi connectivity index (χ2n) is 5.12. The van der Waals surface area contributed by atoms with Crippen LogP contribution >= 0.6 is 0 Å². The lowest BCUT2D eigenvalue weighted by atomic mass is 9.89. The third-order valence-corrected chi connectivity index (χ3v) is 3.49. The molecule has 0 amide bonds. The number of nitrogens with two attached hydrogens (primary N) is 1. The topological polar surface area (TPSA) is 52.3 Å². The van der Waals surface area contributed by atoms with Crippen LogP contribution in [0.25, 0.3) is 0 Å². The van der Waals surface area contributed by atoms with E-state index in [1.54, 1.807) is 0 Å². The Morgan fingerprint density at radius 2 is 2.11 bits per heavy atom. The van der Waals surface area contributed by atoms with Gasteiger partial charge in [-0.1, -0.05) is 13.3 Å². The van der Waals surface area contributed by atoms with Crippen LogP contribution in [0.15, 0.2) is 12.1 Å². The number of anilines is 1. The van der Waals surface area contributed by atoms with E-state index in [4.69, 9.17) is 10.5 Å². The second-order valence-corrected chi connectivity index (χ2v) is 5.12. The van der Waals surface area contributed by atoms with Gasteiger partial charge >= 0.3 is 5.97 Å². The summed E-state index contributed by atoms with van der Waals surface area (Å²) >= 11 is 0. The van der Waals surface area contributed by atoms with Crippen LogP contribution in [0.1, 0.15) is 43.0 Å². The van der Waals surface area contributed by atoms with Crippen LogP contribution in [0.2, 0.25) is 0 Å². The van der Waals surface area contributed by atoms with E-state index in [9.17, 15) is 13.6 Å². The van der Waals surface area contributed by atoms with Gasteiger partial charge < -0.3 is 10.5 Å². The number of rotatable bonds is 2. The quantitative estimate of drug-likeness (QED) is 0.662. The third kappa shape index (κ3) is 3.03. The summed E-state index contributed by atoms with van der Waals surface area (Å²) in [5, 5.41) is 0. The summed E-state index contributed by atoms with van der Waals surface area (Å²) in [5.74, 6) is -2.50. The lowest BCUT2D eigenvalue weighted by Gasteiger charge is -2.26. The van der Waals surface area contributed by atoms with Gasteiger partial charge in [-0.2, -0.15) is 0 Å². The van der Waals surface area contributed by atoms with Crippen molar-refractivity contribution >= 4 is 11.7 Å². The number of benzene rings is 1. The van der Waals surface area contributed by atoms with E-state index in [0.29, 0.717) is 5.92 Å². The molecule has 2 rings (SSSR count). The molecule has 2 unspecified atom stereocenters. The van der Waals surface area contributed by atoms with Gasteiger partial charge in [-0.3, -0.25) is 0 Å².